The van der Waals surface area contributed by atoms with Crippen LogP contribution < -0.4 is 4.90 Å². The Balaban J connectivity index is 1.17. The predicted molar refractivity (Wildman–Crippen MR) is 201 cm³/mol. The molecule has 53 heavy (non-hydrogen) atoms. The molecule has 0 spiro atoms. The number of benzene rings is 5. The lowest BCUT2D eigenvalue weighted by Crippen LogP contribution is -2.55. The number of amides is 1. The fourth-order valence-electron chi connectivity index (χ4n) is 7.19. The number of carbonyl (C=O) groups excluding carboxylic acids is 1. The minimum Gasteiger partial charge on any atom is -0.508 e. The van der Waals surface area contributed by atoms with Crippen LogP contribution in [0, 0.1) is 5.82 Å². The number of aliphatic hydroxyl groups is 5. The van der Waals surface area contributed by atoms with Crippen molar-refractivity contribution < 1.29 is 44.6 Å². The lowest BCUT2D eigenvalue weighted by molar-refractivity contribution is -0.231. The van der Waals surface area contributed by atoms with Crippen LogP contribution in [0.3, 0.4) is 0 Å². The molecule has 1 unspecified atom stereocenters. The molecule has 1 amide bonds. The maximum Gasteiger partial charge on any atom is 0.287 e. The first-order valence-corrected chi connectivity index (χ1v) is 18.3. The van der Waals surface area contributed by atoms with Gasteiger partial charge in [0.1, 0.15) is 42.1 Å². The first-order valence-electron chi connectivity index (χ1n) is 17.5. The highest BCUT2D eigenvalue weighted by Crippen LogP contribution is 2.49. The van der Waals surface area contributed by atoms with Crippen LogP contribution in [0.15, 0.2) is 121 Å². The van der Waals surface area contributed by atoms with Gasteiger partial charge in [0, 0.05) is 16.5 Å². The maximum absolute atomic E-state index is 13.8. The molecule has 274 valence electrons. The molecule has 0 aliphatic carbocycles. The Morgan fingerprint density at radius 2 is 1.38 bits per heavy atom. The van der Waals surface area contributed by atoms with Gasteiger partial charge in [-0.3, -0.25) is 9.69 Å². The van der Waals surface area contributed by atoms with Gasteiger partial charge < -0.3 is 35.4 Å². The van der Waals surface area contributed by atoms with Crippen LogP contribution in [0.5, 0.6) is 5.75 Å². The second kappa shape index (κ2) is 15.8. The maximum atomic E-state index is 13.8. The predicted octanol–water partition coefficient (Wildman–Crippen LogP) is 6.68. The van der Waals surface area contributed by atoms with Crippen LogP contribution in [0.1, 0.15) is 47.8 Å². The van der Waals surface area contributed by atoms with E-state index in [0.717, 1.165) is 28.5 Å². The summed E-state index contributed by atoms with van der Waals surface area (Å²) in [5, 5.41) is 62.6. The van der Waals surface area contributed by atoms with E-state index < -0.39 is 55.1 Å². The highest BCUT2D eigenvalue weighted by atomic mass is 32.2. The molecule has 2 fully saturated rings. The van der Waals surface area contributed by atoms with Gasteiger partial charge in [0.15, 0.2) is 0 Å². The molecule has 11 heteroatoms. The van der Waals surface area contributed by atoms with Crippen molar-refractivity contribution in [3.8, 4) is 28.0 Å². The van der Waals surface area contributed by atoms with E-state index in [-0.39, 0.29) is 16.2 Å². The molecule has 0 bridgehead atoms. The molecule has 6 N–H and O–H groups in total. The number of phenols is 1. The Morgan fingerprint density at radius 3 is 2.04 bits per heavy atom. The minimum absolute atomic E-state index is 0.0178. The van der Waals surface area contributed by atoms with Crippen molar-refractivity contribution in [1.29, 1.82) is 0 Å². The molecule has 5 aromatic carbocycles. The van der Waals surface area contributed by atoms with E-state index in [9.17, 15) is 39.8 Å². The fourth-order valence-corrected chi connectivity index (χ4v) is 8.43. The van der Waals surface area contributed by atoms with Crippen molar-refractivity contribution in [2.75, 3.05) is 11.5 Å². The summed E-state index contributed by atoms with van der Waals surface area (Å²) in [4.78, 5) is 15.5. The lowest BCUT2D eigenvalue weighted by Gasteiger charge is -2.40. The molecule has 0 saturated carbocycles. The average molecular weight is 738 g/mol. The summed E-state index contributed by atoms with van der Waals surface area (Å²) in [5.41, 5.74) is 5.78. The van der Waals surface area contributed by atoms with Crippen LogP contribution in [0.25, 0.3) is 22.3 Å². The molecule has 2 aliphatic heterocycles. The smallest absolute Gasteiger partial charge is 0.287 e. The molecule has 0 aromatic heterocycles. The van der Waals surface area contributed by atoms with Gasteiger partial charge in [0.05, 0.1) is 18.8 Å². The number of nitrogens with zero attached hydrogens (tertiary/aromatic N) is 1. The molecule has 2 heterocycles. The number of aliphatic hydroxyl groups excluding tert-OH is 5. The third-order valence-corrected chi connectivity index (χ3v) is 11.3. The Labute approximate surface area is 310 Å². The zero-order valence-corrected chi connectivity index (χ0v) is 29.3. The van der Waals surface area contributed by atoms with Crippen molar-refractivity contribution in [3.63, 3.8) is 0 Å². The molecule has 0 radical (unpaired) electrons. The molecule has 7 rings (SSSR count). The standard InChI is InChI=1S/C42H40FNO8S/c43-30-15-10-27(11-16-30)33(46)20-21-36-37(44(42(51)53-36)31-17-12-25(13-18-31)24-4-2-1-3-5-24)32-19-14-29(22-34(32)47)26-6-8-28(9-7-26)41-40(50)39(49)38(48)35(23-45)52-41/h1-19,22,33,35-41,45-50H,20-21,23H2/t33-,35+,36+,37+,38+,39-,40+,41?/m0/s1. The van der Waals surface area contributed by atoms with E-state index in [1.807, 2.05) is 60.7 Å². The van der Waals surface area contributed by atoms with E-state index in [1.165, 1.54) is 12.1 Å². The number of ether oxygens (including phenoxy) is 1. The molecular weight excluding hydrogens is 698 g/mol. The van der Waals surface area contributed by atoms with Crippen molar-refractivity contribution in [3.05, 3.63) is 144 Å². The third kappa shape index (κ3) is 7.60. The Morgan fingerprint density at radius 1 is 0.755 bits per heavy atom. The van der Waals surface area contributed by atoms with Gasteiger partial charge >= 0.3 is 0 Å². The number of aromatic hydroxyl groups is 1. The number of phenolic OH excluding ortho intramolecular Hbond substituents is 1. The molecule has 5 aromatic rings. The number of thioether (sulfide) groups is 1. The number of hydrogen-bond donors (Lipinski definition) is 6. The van der Waals surface area contributed by atoms with Gasteiger partial charge in [-0.05, 0) is 76.6 Å². The summed E-state index contributed by atoms with van der Waals surface area (Å²) >= 11 is 1.16. The fraction of sp³-hybridized carbons (Fsp3) is 0.262. The Kier molecular flexibility index (Phi) is 11.0. The third-order valence-electron chi connectivity index (χ3n) is 10.1. The van der Waals surface area contributed by atoms with Crippen LogP contribution in [-0.2, 0) is 4.74 Å². The topological polar surface area (TPSA) is 151 Å². The quantitative estimate of drug-likeness (QED) is 0.0923. The van der Waals surface area contributed by atoms with Gasteiger partial charge in [0.2, 0.25) is 0 Å². The van der Waals surface area contributed by atoms with E-state index in [0.29, 0.717) is 40.8 Å². The van der Waals surface area contributed by atoms with Crippen molar-refractivity contribution >= 4 is 22.7 Å². The van der Waals surface area contributed by atoms with Gasteiger partial charge in [-0.1, -0.05) is 103 Å². The normalized spacial score (nSPS) is 25.1. The van der Waals surface area contributed by atoms with E-state index in [2.05, 4.69) is 0 Å². The summed E-state index contributed by atoms with van der Waals surface area (Å²) in [6.07, 6.45) is -6.48. The molecule has 2 aliphatic rings. The SMILES string of the molecule is O=C1S[C@H](CC[C@H](O)c2ccc(F)cc2)[C@@H](c2ccc(-c3ccc(C4O[C@H](CO)[C@@H](O)[C@H](O)[C@H]4O)cc3)cc2O)N1c1ccc(-c2ccccc2)cc1. The minimum atomic E-state index is -1.49. The first kappa shape index (κ1) is 36.8. The first-order chi connectivity index (χ1) is 25.6. The Bertz CT molecular complexity index is 2010. The largest absolute Gasteiger partial charge is 0.508 e. The zero-order valence-electron chi connectivity index (χ0n) is 28.5. The number of carbonyl (C=O) groups is 1. The van der Waals surface area contributed by atoms with Crippen LogP contribution >= 0.6 is 11.8 Å². The number of halogens is 1. The summed E-state index contributed by atoms with van der Waals surface area (Å²) in [7, 11) is 0. The molecule has 9 nitrogen and oxygen atoms in total. The highest BCUT2D eigenvalue weighted by molar-refractivity contribution is 8.14. The van der Waals surface area contributed by atoms with Gasteiger partial charge in [-0.25, -0.2) is 4.39 Å². The van der Waals surface area contributed by atoms with E-state index in [1.54, 1.807) is 53.4 Å². The van der Waals surface area contributed by atoms with E-state index >= 15 is 0 Å². The summed E-state index contributed by atoms with van der Waals surface area (Å²) in [6.45, 7) is -0.525. The Hall–Kier alpha value is -4.59. The summed E-state index contributed by atoms with van der Waals surface area (Å²) in [6, 6.07) is 35.0. The number of anilines is 1. The summed E-state index contributed by atoms with van der Waals surface area (Å²) < 4.78 is 19.2. The average Bonchev–Trinajstić information content (AvgIpc) is 3.52. The van der Waals surface area contributed by atoms with Gasteiger partial charge in [-0.2, -0.15) is 0 Å². The van der Waals surface area contributed by atoms with Crippen molar-refractivity contribution in [2.45, 2.75) is 60.8 Å². The monoisotopic (exact) mass is 737 g/mol. The van der Waals surface area contributed by atoms with E-state index in [4.69, 9.17) is 4.74 Å². The van der Waals surface area contributed by atoms with Crippen LogP contribution in [-0.4, -0.2) is 72.2 Å². The highest BCUT2D eigenvalue weighted by Gasteiger charge is 2.45. The van der Waals surface area contributed by atoms with Crippen molar-refractivity contribution in [2.24, 2.45) is 0 Å². The van der Waals surface area contributed by atoms with Crippen molar-refractivity contribution in [1.82, 2.24) is 0 Å². The van der Waals surface area contributed by atoms with Gasteiger partial charge in [-0.15, -0.1) is 0 Å². The number of rotatable bonds is 10. The van der Waals surface area contributed by atoms with Crippen LogP contribution in [0.2, 0.25) is 0 Å². The summed E-state index contributed by atoms with van der Waals surface area (Å²) in [5.74, 6) is -0.411. The molecular formula is C42H40FNO8S. The van der Waals surface area contributed by atoms with Crippen LogP contribution in [0.4, 0.5) is 14.9 Å². The molecule has 8 atom stereocenters. The second-order valence-corrected chi connectivity index (χ2v) is 14.6. The van der Waals surface area contributed by atoms with Gasteiger partial charge in [0.25, 0.3) is 5.24 Å². The lowest BCUT2D eigenvalue weighted by atomic mass is 9.90. The second-order valence-electron chi connectivity index (χ2n) is 13.4. The zero-order chi connectivity index (χ0) is 37.2. The molecule has 2 saturated heterocycles. The number of hydrogen-bond acceptors (Lipinski definition) is 9.